The fourth-order valence-electron chi connectivity index (χ4n) is 4.25. The Morgan fingerprint density at radius 2 is 1.68 bits per heavy atom. The van der Waals surface area contributed by atoms with E-state index in [1.165, 1.54) is 10.6 Å². The number of hydrogen-bond acceptors (Lipinski definition) is 4. The molecule has 2 amide bonds. The summed E-state index contributed by atoms with van der Waals surface area (Å²) in [4.78, 5) is 28.3. The summed E-state index contributed by atoms with van der Waals surface area (Å²) in [6.45, 7) is 12.3. The lowest BCUT2D eigenvalue weighted by atomic mass is 10.1. The van der Waals surface area contributed by atoms with Gasteiger partial charge in [-0.2, -0.15) is 0 Å². The van der Waals surface area contributed by atoms with Crippen LogP contribution in [0.4, 0.5) is 5.69 Å². The van der Waals surface area contributed by atoms with Gasteiger partial charge in [0.05, 0.1) is 11.9 Å². The molecule has 0 fully saturated rings. The summed E-state index contributed by atoms with van der Waals surface area (Å²) < 4.78 is 26.5. The van der Waals surface area contributed by atoms with E-state index in [4.69, 9.17) is 0 Å². The second-order valence-corrected chi connectivity index (χ2v) is 11.9. The number of amides is 2. The summed E-state index contributed by atoms with van der Waals surface area (Å²) >= 11 is 0. The third-order valence-electron chi connectivity index (χ3n) is 6.75. The number of aryl methyl sites for hydroxylation is 3. The van der Waals surface area contributed by atoms with Gasteiger partial charge in [-0.15, -0.1) is 0 Å². The molecule has 0 saturated carbocycles. The Labute approximate surface area is 223 Å². The highest BCUT2D eigenvalue weighted by molar-refractivity contribution is 7.92. The fraction of sp³-hybridized carbons (Fsp3) is 0.517. The molecule has 2 unspecified atom stereocenters. The molecule has 2 rings (SSSR count). The topological polar surface area (TPSA) is 86.8 Å². The second-order valence-electron chi connectivity index (χ2n) is 9.96. The van der Waals surface area contributed by atoms with Crippen LogP contribution in [-0.4, -0.2) is 50.0 Å². The van der Waals surface area contributed by atoms with E-state index in [-0.39, 0.29) is 30.8 Å². The maximum Gasteiger partial charge on any atom is 0.243 e. The molecule has 2 aromatic carbocycles. The predicted molar refractivity (Wildman–Crippen MR) is 151 cm³/mol. The lowest BCUT2D eigenvalue weighted by Gasteiger charge is -2.32. The van der Waals surface area contributed by atoms with Crippen LogP contribution in [0.5, 0.6) is 0 Å². The number of hydrogen-bond donors (Lipinski definition) is 1. The van der Waals surface area contributed by atoms with Crippen molar-refractivity contribution in [1.29, 1.82) is 0 Å². The number of rotatable bonds is 13. The maximum absolute atomic E-state index is 13.5. The molecular formula is C29H43N3O4S. The fourth-order valence-corrected chi connectivity index (χ4v) is 5.21. The third kappa shape index (κ3) is 8.88. The van der Waals surface area contributed by atoms with Gasteiger partial charge < -0.3 is 10.2 Å². The Kier molecular flexibility index (Phi) is 11.2. The number of nitrogens with zero attached hydrogens (tertiary/aromatic N) is 2. The molecule has 37 heavy (non-hydrogen) atoms. The molecule has 0 radical (unpaired) electrons. The van der Waals surface area contributed by atoms with Crippen molar-refractivity contribution < 1.29 is 18.0 Å². The number of benzene rings is 2. The predicted octanol–water partition coefficient (Wildman–Crippen LogP) is 4.88. The van der Waals surface area contributed by atoms with Crippen LogP contribution in [0.15, 0.2) is 42.5 Å². The van der Waals surface area contributed by atoms with E-state index in [2.05, 4.69) is 5.32 Å². The van der Waals surface area contributed by atoms with E-state index < -0.39 is 16.1 Å². The van der Waals surface area contributed by atoms with Gasteiger partial charge in [0.25, 0.3) is 0 Å². The first-order valence-electron chi connectivity index (χ1n) is 13.1. The number of carbonyl (C=O) groups is 2. The SMILES string of the molecule is CCC(C)NC(=O)C(CC)N(Cc1cccc(C)c1)C(=O)CCCN(c1ccc(C)c(C)c1)S(C)(=O)=O. The molecule has 0 heterocycles. The molecule has 0 bridgehead atoms. The average molecular weight is 530 g/mol. The highest BCUT2D eigenvalue weighted by Crippen LogP contribution is 2.22. The van der Waals surface area contributed by atoms with Gasteiger partial charge in [0, 0.05) is 25.6 Å². The van der Waals surface area contributed by atoms with Gasteiger partial charge in [0.2, 0.25) is 21.8 Å². The van der Waals surface area contributed by atoms with Crippen molar-refractivity contribution in [1.82, 2.24) is 10.2 Å². The monoisotopic (exact) mass is 529 g/mol. The van der Waals surface area contributed by atoms with Crippen molar-refractivity contribution in [3.63, 3.8) is 0 Å². The zero-order valence-electron chi connectivity index (χ0n) is 23.4. The molecule has 7 nitrogen and oxygen atoms in total. The van der Waals surface area contributed by atoms with Crippen molar-refractivity contribution in [3.05, 3.63) is 64.7 Å². The molecule has 204 valence electrons. The van der Waals surface area contributed by atoms with Gasteiger partial charge in [-0.1, -0.05) is 49.7 Å². The van der Waals surface area contributed by atoms with Crippen LogP contribution in [0.25, 0.3) is 0 Å². The van der Waals surface area contributed by atoms with E-state index >= 15 is 0 Å². The van der Waals surface area contributed by atoms with Crippen LogP contribution in [0.1, 0.15) is 68.7 Å². The molecule has 1 N–H and O–H groups in total. The summed E-state index contributed by atoms with van der Waals surface area (Å²) in [5.41, 5.74) is 4.72. The molecule has 0 aliphatic heterocycles. The Morgan fingerprint density at radius 1 is 0.973 bits per heavy atom. The van der Waals surface area contributed by atoms with Crippen LogP contribution in [0.3, 0.4) is 0 Å². The molecule has 0 aliphatic carbocycles. The second kappa shape index (κ2) is 13.6. The molecule has 8 heteroatoms. The molecular weight excluding hydrogens is 486 g/mol. The summed E-state index contributed by atoms with van der Waals surface area (Å²) in [5, 5.41) is 3.02. The van der Waals surface area contributed by atoms with Gasteiger partial charge in [-0.05, 0) is 75.8 Å². The Bertz CT molecular complexity index is 1180. The Hall–Kier alpha value is -2.87. The number of carbonyl (C=O) groups excluding carboxylic acids is 2. The number of sulfonamides is 1. The molecule has 0 spiro atoms. The number of nitrogens with one attached hydrogen (secondary N) is 1. The van der Waals surface area contributed by atoms with Gasteiger partial charge in [-0.3, -0.25) is 13.9 Å². The Morgan fingerprint density at radius 3 is 2.24 bits per heavy atom. The minimum Gasteiger partial charge on any atom is -0.352 e. The van der Waals surface area contributed by atoms with Gasteiger partial charge in [0.15, 0.2) is 0 Å². The van der Waals surface area contributed by atoms with Crippen LogP contribution in [-0.2, 0) is 26.2 Å². The quantitative estimate of drug-likeness (QED) is 0.401. The first-order valence-corrected chi connectivity index (χ1v) is 14.9. The minimum absolute atomic E-state index is 0.0127. The van der Waals surface area contributed by atoms with Crippen LogP contribution >= 0.6 is 0 Å². The first kappa shape index (κ1) is 30.4. The van der Waals surface area contributed by atoms with Crippen molar-refractivity contribution in [3.8, 4) is 0 Å². The zero-order valence-corrected chi connectivity index (χ0v) is 24.2. The normalized spacial score (nSPS) is 13.1. The van der Waals surface area contributed by atoms with E-state index in [0.29, 0.717) is 25.1 Å². The standard InChI is InChI=1S/C29H43N3O4S/c1-8-24(6)30-29(34)27(9-2)31(20-25-13-10-12-21(3)18-25)28(33)14-11-17-32(37(7,35)36)26-16-15-22(4)23(5)19-26/h10,12-13,15-16,18-19,24,27H,8-9,11,14,17,20H2,1-7H3,(H,30,34). The first-order chi connectivity index (χ1) is 17.4. The van der Waals surface area contributed by atoms with Crippen LogP contribution in [0, 0.1) is 20.8 Å². The lowest BCUT2D eigenvalue weighted by molar-refractivity contribution is -0.141. The van der Waals surface area contributed by atoms with Gasteiger partial charge >= 0.3 is 0 Å². The van der Waals surface area contributed by atoms with Crippen molar-refractivity contribution in [2.24, 2.45) is 0 Å². The summed E-state index contributed by atoms with van der Waals surface area (Å²) in [5.74, 6) is -0.327. The highest BCUT2D eigenvalue weighted by Gasteiger charge is 2.29. The van der Waals surface area contributed by atoms with Crippen molar-refractivity contribution in [2.75, 3.05) is 17.1 Å². The number of anilines is 1. The minimum atomic E-state index is -3.53. The van der Waals surface area contributed by atoms with Crippen LogP contribution in [0.2, 0.25) is 0 Å². The molecule has 0 saturated heterocycles. The van der Waals surface area contributed by atoms with Crippen molar-refractivity contribution in [2.45, 2.75) is 85.9 Å². The molecule has 0 aromatic heterocycles. The van der Waals surface area contributed by atoms with E-state index in [1.807, 2.05) is 77.9 Å². The molecule has 2 atom stereocenters. The third-order valence-corrected chi connectivity index (χ3v) is 7.95. The summed E-state index contributed by atoms with van der Waals surface area (Å²) in [6.07, 6.45) is 2.94. The lowest BCUT2D eigenvalue weighted by Crippen LogP contribution is -2.50. The van der Waals surface area contributed by atoms with Crippen molar-refractivity contribution >= 4 is 27.5 Å². The Balaban J connectivity index is 2.24. The summed E-state index contributed by atoms with van der Waals surface area (Å²) in [6, 6.07) is 12.9. The van der Waals surface area contributed by atoms with Crippen LogP contribution < -0.4 is 9.62 Å². The maximum atomic E-state index is 13.5. The smallest absolute Gasteiger partial charge is 0.243 e. The summed E-state index contributed by atoms with van der Waals surface area (Å²) in [7, 11) is -3.53. The highest BCUT2D eigenvalue weighted by atomic mass is 32.2. The molecule has 2 aromatic rings. The van der Waals surface area contributed by atoms with E-state index in [9.17, 15) is 18.0 Å². The largest absolute Gasteiger partial charge is 0.352 e. The van der Waals surface area contributed by atoms with E-state index in [1.54, 1.807) is 11.0 Å². The zero-order chi connectivity index (χ0) is 27.8. The van der Waals surface area contributed by atoms with Gasteiger partial charge in [0.1, 0.15) is 6.04 Å². The van der Waals surface area contributed by atoms with E-state index in [0.717, 1.165) is 28.7 Å². The molecule has 0 aliphatic rings. The average Bonchev–Trinajstić information content (AvgIpc) is 2.82. The van der Waals surface area contributed by atoms with Gasteiger partial charge in [-0.25, -0.2) is 8.42 Å².